The first-order valence-electron chi connectivity index (χ1n) is 8.65. The highest BCUT2D eigenvalue weighted by molar-refractivity contribution is 5.96. The molecule has 1 aromatic rings. The van der Waals surface area contributed by atoms with E-state index in [1.165, 1.54) is 19.3 Å². The van der Waals surface area contributed by atoms with Gasteiger partial charge in [0.05, 0.1) is 6.20 Å². The monoisotopic (exact) mass is 416 g/mol. The minimum Gasteiger partial charge on any atom is -0.484 e. The van der Waals surface area contributed by atoms with E-state index in [1.54, 1.807) is 6.92 Å². The molecule has 2 heterocycles. The zero-order valence-electron chi connectivity index (χ0n) is 15.5. The van der Waals surface area contributed by atoms with Crippen LogP contribution >= 0.6 is 0 Å². The van der Waals surface area contributed by atoms with E-state index in [0.29, 0.717) is 11.3 Å². The van der Waals surface area contributed by atoms with E-state index in [1.807, 2.05) is 0 Å². The second kappa shape index (κ2) is 7.43. The second-order valence-corrected chi connectivity index (χ2v) is 6.92. The van der Waals surface area contributed by atoms with Gasteiger partial charge in [-0.1, -0.05) is 5.59 Å². The number of aliphatic carboxylic acids is 1. The number of hydrazine groups is 1. The molecule has 9 nitrogen and oxygen atoms in total. The number of allylic oxidation sites excluding steroid dienone is 1. The van der Waals surface area contributed by atoms with Gasteiger partial charge in [0.1, 0.15) is 17.2 Å². The van der Waals surface area contributed by atoms with E-state index in [9.17, 15) is 27.9 Å². The lowest BCUT2D eigenvalue weighted by molar-refractivity contribution is -0.157. The van der Waals surface area contributed by atoms with Crippen molar-refractivity contribution in [3.05, 3.63) is 35.5 Å². The van der Waals surface area contributed by atoms with Gasteiger partial charge in [0, 0.05) is 17.8 Å². The van der Waals surface area contributed by atoms with Crippen molar-refractivity contribution in [3.63, 3.8) is 0 Å². The van der Waals surface area contributed by atoms with Crippen LogP contribution in [0, 0.1) is 0 Å². The van der Waals surface area contributed by atoms with Gasteiger partial charge in [-0.05, 0) is 32.6 Å². The first kappa shape index (κ1) is 20.7. The molecule has 1 saturated carbocycles. The number of hydrogen-bond acceptors (Lipinski definition) is 7. The van der Waals surface area contributed by atoms with Crippen LogP contribution in [0.2, 0.25) is 0 Å². The van der Waals surface area contributed by atoms with Crippen LogP contribution < -0.4 is 15.6 Å². The molecular weight excluding hydrogens is 397 g/mol. The van der Waals surface area contributed by atoms with Gasteiger partial charge in [-0.2, -0.15) is 13.2 Å². The summed E-state index contributed by atoms with van der Waals surface area (Å²) in [5.41, 5.74) is 0.589. The average Bonchev–Trinajstić information content (AvgIpc) is 3.39. The summed E-state index contributed by atoms with van der Waals surface area (Å²) in [6, 6.07) is 1.09. The summed E-state index contributed by atoms with van der Waals surface area (Å²) in [7, 11) is 0. The molecule has 3 rings (SSSR count). The topological polar surface area (TPSA) is 113 Å². The van der Waals surface area contributed by atoms with Crippen molar-refractivity contribution in [1.82, 2.24) is 20.9 Å². The van der Waals surface area contributed by atoms with Crippen molar-refractivity contribution in [2.75, 3.05) is 6.61 Å². The molecule has 1 atom stereocenters. The van der Waals surface area contributed by atoms with Gasteiger partial charge in [-0.25, -0.2) is 9.80 Å². The number of amides is 1. The van der Waals surface area contributed by atoms with E-state index in [4.69, 9.17) is 9.57 Å². The van der Waals surface area contributed by atoms with Crippen molar-refractivity contribution in [1.29, 1.82) is 0 Å². The number of carboxylic acids is 1. The number of halogens is 3. The third kappa shape index (κ3) is 4.70. The predicted octanol–water partition coefficient (Wildman–Crippen LogP) is 2.04. The van der Waals surface area contributed by atoms with Crippen LogP contribution in [0.1, 0.15) is 48.7 Å². The van der Waals surface area contributed by atoms with Gasteiger partial charge < -0.3 is 20.0 Å². The van der Waals surface area contributed by atoms with Gasteiger partial charge in [0.25, 0.3) is 5.91 Å². The maximum atomic E-state index is 12.6. The van der Waals surface area contributed by atoms with E-state index in [0.717, 1.165) is 23.9 Å². The highest BCUT2D eigenvalue weighted by Gasteiger charge is 2.43. The molecule has 1 aliphatic carbocycles. The van der Waals surface area contributed by atoms with Crippen LogP contribution in [0.15, 0.2) is 24.2 Å². The summed E-state index contributed by atoms with van der Waals surface area (Å²) in [6.45, 7) is 1.27. The lowest BCUT2D eigenvalue weighted by Crippen LogP contribution is -2.64. The quantitative estimate of drug-likeness (QED) is 0.619. The summed E-state index contributed by atoms with van der Waals surface area (Å²) in [5.74, 6) is -2.02. The number of carboxylic acid groups (broad SMARTS) is 1. The minimum absolute atomic E-state index is 0.0335. The molecule has 12 heteroatoms. The Labute approximate surface area is 163 Å². The predicted molar refractivity (Wildman–Crippen MR) is 91.1 cm³/mol. The Balaban J connectivity index is 1.83. The molecule has 1 aliphatic heterocycles. The first-order valence-corrected chi connectivity index (χ1v) is 8.65. The first-order chi connectivity index (χ1) is 13.5. The maximum absolute atomic E-state index is 12.6. The average molecular weight is 416 g/mol. The number of ether oxygens (including phenoxy) is 1. The largest absolute Gasteiger partial charge is 0.484 e. The molecule has 1 fully saturated rings. The lowest BCUT2D eigenvalue weighted by atomic mass is 10.1. The Morgan fingerprint density at radius 1 is 1.45 bits per heavy atom. The Morgan fingerprint density at radius 2 is 2.14 bits per heavy atom. The summed E-state index contributed by atoms with van der Waals surface area (Å²) < 4.78 is 42.5. The highest BCUT2D eigenvalue weighted by Crippen LogP contribution is 2.44. The van der Waals surface area contributed by atoms with Gasteiger partial charge in [-0.15, -0.1) is 0 Å². The summed E-state index contributed by atoms with van der Waals surface area (Å²) in [6.07, 6.45) is -0.342. The molecule has 3 N–H and O–H groups in total. The van der Waals surface area contributed by atoms with Gasteiger partial charge in [0.15, 0.2) is 6.61 Å². The van der Waals surface area contributed by atoms with Crippen LogP contribution in [0.3, 0.4) is 0 Å². The number of hydrogen-bond donors (Lipinski definition) is 3. The van der Waals surface area contributed by atoms with Crippen molar-refractivity contribution in [3.8, 4) is 5.75 Å². The van der Waals surface area contributed by atoms with Gasteiger partial charge in [0.2, 0.25) is 5.66 Å². The van der Waals surface area contributed by atoms with Crippen molar-refractivity contribution in [2.45, 2.75) is 44.4 Å². The molecule has 1 aromatic heterocycles. The SMILES string of the molecule is CC1=CN(C(C)(NC(=O)c2cc(OCC(F)(F)F)c(C3CC3)cn2)C(=O)O)NO1. The fourth-order valence-corrected chi connectivity index (χ4v) is 2.64. The smallest absolute Gasteiger partial charge is 0.422 e. The third-order valence-electron chi connectivity index (χ3n) is 4.41. The Kier molecular flexibility index (Phi) is 5.30. The fourth-order valence-electron chi connectivity index (χ4n) is 2.64. The number of alkyl halides is 3. The zero-order valence-corrected chi connectivity index (χ0v) is 15.5. The van der Waals surface area contributed by atoms with E-state index in [2.05, 4.69) is 15.9 Å². The standard InChI is InChI=1S/C17H19F3N4O5/c1-9-7-24(23-29-9)16(2,15(26)27)22-14(25)12-5-13(28-8-17(18,19)20)11(6-21-12)10-3-4-10/h5-7,10,23H,3-4,8H2,1-2H3,(H,22,25)(H,26,27). The molecule has 158 valence electrons. The number of carbonyl (C=O) groups is 2. The summed E-state index contributed by atoms with van der Waals surface area (Å²) in [4.78, 5) is 33.3. The number of pyridine rings is 1. The van der Waals surface area contributed by atoms with Crippen LogP contribution in [0.25, 0.3) is 0 Å². The van der Waals surface area contributed by atoms with E-state index < -0.39 is 30.3 Å². The third-order valence-corrected chi connectivity index (χ3v) is 4.41. The number of nitrogens with one attached hydrogen (secondary N) is 2. The van der Waals surface area contributed by atoms with Crippen LogP contribution in [0.5, 0.6) is 5.75 Å². The van der Waals surface area contributed by atoms with Gasteiger partial charge >= 0.3 is 12.1 Å². The second-order valence-electron chi connectivity index (χ2n) is 6.92. The van der Waals surface area contributed by atoms with E-state index in [-0.39, 0.29) is 17.4 Å². The molecule has 1 unspecified atom stereocenters. The molecule has 0 saturated heterocycles. The maximum Gasteiger partial charge on any atom is 0.422 e. The number of aromatic nitrogens is 1. The number of nitrogens with zero attached hydrogens (tertiary/aromatic N) is 2. The number of rotatable bonds is 7. The highest BCUT2D eigenvalue weighted by atomic mass is 19.4. The molecule has 0 bridgehead atoms. The summed E-state index contributed by atoms with van der Waals surface area (Å²) >= 11 is 0. The normalized spacial score (nSPS) is 18.5. The lowest BCUT2D eigenvalue weighted by Gasteiger charge is -2.33. The van der Waals surface area contributed by atoms with Crippen LogP contribution in [0.4, 0.5) is 13.2 Å². The van der Waals surface area contributed by atoms with Crippen molar-refractivity contribution >= 4 is 11.9 Å². The van der Waals surface area contributed by atoms with E-state index >= 15 is 0 Å². The minimum atomic E-state index is -4.54. The molecule has 0 aromatic carbocycles. The summed E-state index contributed by atoms with van der Waals surface area (Å²) in [5, 5.41) is 12.9. The fraction of sp³-hybridized carbons (Fsp3) is 0.471. The van der Waals surface area contributed by atoms with Gasteiger partial charge in [-0.3, -0.25) is 9.78 Å². The molecular formula is C17H19F3N4O5. The molecule has 0 radical (unpaired) electrons. The van der Waals surface area contributed by atoms with Crippen LogP contribution in [-0.4, -0.2) is 45.4 Å². The Morgan fingerprint density at radius 3 is 2.66 bits per heavy atom. The molecule has 2 aliphatic rings. The molecule has 0 spiro atoms. The molecule has 1 amide bonds. The van der Waals surface area contributed by atoms with Crippen molar-refractivity contribution < 1.29 is 37.4 Å². The Hall–Kier alpha value is -3.02. The zero-order chi connectivity index (χ0) is 21.4. The van der Waals surface area contributed by atoms with Crippen molar-refractivity contribution in [2.24, 2.45) is 0 Å². The van der Waals surface area contributed by atoms with Crippen LogP contribution in [-0.2, 0) is 9.63 Å². The molecule has 29 heavy (non-hydrogen) atoms. The number of carbonyl (C=O) groups excluding carboxylic acids is 1. The Bertz CT molecular complexity index is 856.